The Morgan fingerprint density at radius 1 is 1.12 bits per heavy atom. The Hall–Kier alpha value is -0.270. The number of hydrogen-bond acceptors (Lipinski definition) is 4. The highest BCUT2D eigenvalue weighted by Gasteiger charge is 2.59. The number of aliphatic hydroxyl groups is 1. The molecule has 1 aliphatic heterocycles. The van der Waals surface area contributed by atoms with E-state index >= 15 is 0 Å². The van der Waals surface area contributed by atoms with E-state index in [1.807, 2.05) is 17.0 Å². The maximum atomic E-state index is 11.3. The van der Waals surface area contributed by atoms with Gasteiger partial charge in [-0.25, -0.2) is 0 Å². The molecule has 1 aromatic carbocycles. The van der Waals surface area contributed by atoms with E-state index in [4.69, 9.17) is 31.2 Å². The van der Waals surface area contributed by atoms with Crippen LogP contribution in [0.15, 0.2) is 24.3 Å². The highest BCUT2D eigenvalue weighted by atomic mass is 35.5. The molecule has 136 valence electrons. The molecule has 1 atom stereocenters. The van der Waals surface area contributed by atoms with Crippen molar-refractivity contribution in [1.29, 1.82) is 0 Å². The van der Waals surface area contributed by atoms with Gasteiger partial charge in [-0.1, -0.05) is 23.7 Å². The van der Waals surface area contributed by atoms with E-state index in [1.165, 1.54) is 0 Å². The van der Waals surface area contributed by atoms with Gasteiger partial charge in [-0.2, -0.15) is 0 Å². The van der Waals surface area contributed by atoms with Crippen LogP contribution >= 0.6 is 26.8 Å². The Labute approximate surface area is 144 Å². The third-order valence-electron chi connectivity index (χ3n) is 4.31. The normalized spacial score (nSPS) is 20.5. The smallest absolute Gasteiger partial charge is 0.367 e. The van der Waals surface area contributed by atoms with Gasteiger partial charge in [0.15, 0.2) is 0 Å². The number of nitrogens with zero attached hydrogens (tertiary/aromatic N) is 1. The lowest BCUT2D eigenvalue weighted by Gasteiger charge is -2.30. The summed E-state index contributed by atoms with van der Waals surface area (Å²) < 4.78 is 22.7. The van der Waals surface area contributed by atoms with Gasteiger partial charge in [0.1, 0.15) is 0 Å². The van der Waals surface area contributed by atoms with Gasteiger partial charge in [-0.05, 0) is 36.6 Å². The average molecular weight is 400 g/mol. The lowest BCUT2D eigenvalue weighted by Crippen LogP contribution is -2.34. The van der Waals surface area contributed by atoms with E-state index in [2.05, 4.69) is 0 Å². The molecule has 2 rings (SSSR count). The number of hydrogen-bond donors (Lipinski definition) is 5. The molecule has 1 aliphatic rings. The quantitative estimate of drug-likeness (QED) is 0.454. The lowest BCUT2D eigenvalue weighted by atomic mass is 9.99. The fourth-order valence-corrected chi connectivity index (χ4v) is 5.08. The van der Waals surface area contributed by atoms with Crippen molar-refractivity contribution >= 4 is 26.8 Å². The Bertz CT molecular complexity index is 649. The zero-order valence-corrected chi connectivity index (χ0v) is 15.2. The van der Waals surface area contributed by atoms with Crippen LogP contribution in [0.2, 0.25) is 5.02 Å². The second kappa shape index (κ2) is 7.16. The predicted molar refractivity (Wildman–Crippen MR) is 88.9 cm³/mol. The van der Waals surface area contributed by atoms with Crippen LogP contribution in [0.5, 0.6) is 0 Å². The summed E-state index contributed by atoms with van der Waals surface area (Å²) in [7, 11) is -10.8. The average Bonchev–Trinajstić information content (AvgIpc) is 2.92. The molecule has 0 radical (unpaired) electrons. The van der Waals surface area contributed by atoms with Crippen molar-refractivity contribution < 1.29 is 33.8 Å². The van der Waals surface area contributed by atoms with E-state index in [0.717, 1.165) is 12.0 Å². The molecule has 1 heterocycles. The van der Waals surface area contributed by atoms with Crippen molar-refractivity contribution in [2.75, 3.05) is 19.6 Å². The Morgan fingerprint density at radius 2 is 1.67 bits per heavy atom. The van der Waals surface area contributed by atoms with Gasteiger partial charge >= 0.3 is 15.2 Å². The molecule has 0 aliphatic carbocycles. The number of benzene rings is 1. The molecule has 1 fully saturated rings. The Morgan fingerprint density at radius 3 is 2.17 bits per heavy atom. The molecule has 0 spiro atoms. The summed E-state index contributed by atoms with van der Waals surface area (Å²) in [5.74, 6) is 0.195. The summed E-state index contributed by atoms with van der Waals surface area (Å²) in [4.78, 5) is 38.4. The minimum Gasteiger partial charge on any atom is -0.367 e. The highest BCUT2D eigenvalue weighted by Crippen LogP contribution is 2.68. The fourth-order valence-electron chi connectivity index (χ4n) is 2.81. The van der Waals surface area contributed by atoms with Gasteiger partial charge < -0.3 is 29.6 Å². The number of likely N-dealkylation sites (tertiary alicyclic amines) is 1. The van der Waals surface area contributed by atoms with E-state index in [-0.39, 0.29) is 12.5 Å². The van der Waals surface area contributed by atoms with E-state index in [9.17, 15) is 14.2 Å². The molecular formula is C13H20ClNO7P2. The SMILES string of the molecule is O=P(O)(O)C(O)(CCN1CCC(c2ccc(Cl)cc2)C1)P(=O)(O)O. The molecule has 8 nitrogen and oxygen atoms in total. The first-order valence-corrected chi connectivity index (χ1v) is 10.9. The molecule has 11 heteroatoms. The van der Waals surface area contributed by atoms with Crippen LogP contribution in [-0.2, 0) is 9.13 Å². The molecule has 0 aromatic heterocycles. The highest BCUT2D eigenvalue weighted by molar-refractivity contribution is 7.72. The van der Waals surface area contributed by atoms with Crippen LogP contribution < -0.4 is 0 Å². The van der Waals surface area contributed by atoms with Gasteiger partial charge in [-0.15, -0.1) is 0 Å². The summed E-state index contributed by atoms with van der Waals surface area (Å²) in [5, 5.41) is 7.17. The fraction of sp³-hybridized carbons (Fsp3) is 0.538. The van der Waals surface area contributed by atoms with Crippen LogP contribution in [-0.4, -0.2) is 54.3 Å². The zero-order chi connectivity index (χ0) is 18.2. The van der Waals surface area contributed by atoms with Gasteiger partial charge in [0, 0.05) is 24.5 Å². The molecule has 0 saturated carbocycles. The van der Waals surface area contributed by atoms with E-state index in [0.29, 0.717) is 18.1 Å². The number of halogens is 1. The zero-order valence-electron chi connectivity index (χ0n) is 12.7. The van der Waals surface area contributed by atoms with Crippen LogP contribution in [0.25, 0.3) is 0 Å². The third-order valence-corrected chi connectivity index (χ3v) is 8.44. The predicted octanol–water partition coefficient (Wildman–Crippen LogP) is 1.52. The minimum atomic E-state index is -5.39. The third kappa shape index (κ3) is 4.28. The van der Waals surface area contributed by atoms with E-state index in [1.54, 1.807) is 12.1 Å². The summed E-state index contributed by atoms with van der Waals surface area (Å²) in [6, 6.07) is 7.36. The molecule has 1 aromatic rings. The second-order valence-corrected chi connectivity index (χ2v) is 10.4. The second-order valence-electron chi connectivity index (χ2n) is 5.95. The van der Waals surface area contributed by atoms with Gasteiger partial charge in [0.2, 0.25) is 0 Å². The van der Waals surface area contributed by atoms with Gasteiger partial charge in [0.25, 0.3) is 5.08 Å². The van der Waals surface area contributed by atoms with Crippen molar-refractivity contribution in [3.63, 3.8) is 0 Å². The summed E-state index contributed by atoms with van der Waals surface area (Å²) >= 11 is 5.85. The van der Waals surface area contributed by atoms with Gasteiger partial charge in [0.05, 0.1) is 0 Å². The maximum absolute atomic E-state index is 11.3. The number of rotatable bonds is 6. The molecule has 5 N–H and O–H groups in total. The minimum absolute atomic E-state index is 0.0309. The van der Waals surface area contributed by atoms with Crippen molar-refractivity contribution in [1.82, 2.24) is 4.90 Å². The topological polar surface area (TPSA) is 139 Å². The molecule has 0 bridgehead atoms. The van der Waals surface area contributed by atoms with Crippen molar-refractivity contribution in [3.8, 4) is 0 Å². The molecule has 1 unspecified atom stereocenters. The van der Waals surface area contributed by atoms with Crippen LogP contribution in [0, 0.1) is 0 Å². The lowest BCUT2D eigenvalue weighted by molar-refractivity contribution is 0.112. The van der Waals surface area contributed by atoms with Crippen molar-refractivity contribution in [2.45, 2.75) is 23.8 Å². The first kappa shape index (κ1) is 20.0. The molecule has 0 amide bonds. The Kier molecular flexibility index (Phi) is 5.98. The van der Waals surface area contributed by atoms with Gasteiger partial charge in [-0.3, -0.25) is 9.13 Å². The summed E-state index contributed by atoms with van der Waals surface area (Å²) in [6.07, 6.45) is 0.0841. The van der Waals surface area contributed by atoms with Crippen LogP contribution in [0.1, 0.15) is 24.3 Å². The largest absolute Gasteiger partial charge is 0.369 e. The maximum Gasteiger partial charge on any atom is 0.369 e. The van der Waals surface area contributed by atoms with Crippen molar-refractivity contribution in [2.24, 2.45) is 0 Å². The molecule has 24 heavy (non-hydrogen) atoms. The summed E-state index contributed by atoms with van der Waals surface area (Å²) in [6.45, 7) is 1.14. The first-order valence-electron chi connectivity index (χ1n) is 7.25. The monoisotopic (exact) mass is 399 g/mol. The first-order chi connectivity index (χ1) is 10.9. The standard InChI is InChI=1S/C13H20ClNO7P2/c14-12-3-1-10(2-4-12)11-5-7-15(9-11)8-6-13(16,23(17,18)19)24(20,21)22/h1-4,11,16H,5-9H2,(H2,17,18,19)(H2,20,21,22). The molecular weight excluding hydrogens is 380 g/mol. The molecule has 1 saturated heterocycles. The van der Waals surface area contributed by atoms with Crippen molar-refractivity contribution in [3.05, 3.63) is 34.9 Å². The van der Waals surface area contributed by atoms with Crippen LogP contribution in [0.4, 0.5) is 0 Å². The Balaban J connectivity index is 2.01. The summed E-state index contributed by atoms with van der Waals surface area (Å²) in [5.41, 5.74) is 1.07. The van der Waals surface area contributed by atoms with Crippen LogP contribution in [0.3, 0.4) is 0 Å². The van der Waals surface area contributed by atoms with E-state index < -0.39 is 26.7 Å².